The average molecular weight is 286 g/mol. The van der Waals surface area contributed by atoms with Crippen molar-refractivity contribution in [1.29, 1.82) is 0 Å². The van der Waals surface area contributed by atoms with Gasteiger partial charge in [0.2, 0.25) is 0 Å². The van der Waals surface area contributed by atoms with Crippen molar-refractivity contribution in [3.05, 3.63) is 33.4 Å². The van der Waals surface area contributed by atoms with E-state index in [0.717, 1.165) is 12.4 Å². The lowest BCUT2D eigenvalue weighted by molar-refractivity contribution is 0.726. The van der Waals surface area contributed by atoms with Crippen LogP contribution in [0.4, 0.5) is 0 Å². The molecule has 0 amide bonds. The summed E-state index contributed by atoms with van der Waals surface area (Å²) < 4.78 is 1.26. The van der Waals surface area contributed by atoms with Gasteiger partial charge in [-0.3, -0.25) is 4.99 Å². The van der Waals surface area contributed by atoms with Crippen molar-refractivity contribution in [3.63, 3.8) is 0 Å². The van der Waals surface area contributed by atoms with Gasteiger partial charge in [0.25, 0.3) is 0 Å². The van der Waals surface area contributed by atoms with Gasteiger partial charge in [-0.15, -0.1) is 0 Å². The highest BCUT2D eigenvalue weighted by Crippen LogP contribution is 2.09. The van der Waals surface area contributed by atoms with E-state index in [2.05, 4.69) is 64.1 Å². The molecule has 3 heteroatoms. The Morgan fingerprint density at radius 1 is 1.38 bits per heavy atom. The van der Waals surface area contributed by atoms with Gasteiger partial charge in [0.1, 0.15) is 5.84 Å². The summed E-state index contributed by atoms with van der Waals surface area (Å²) in [5.74, 6) is 1.03. The molecule has 2 nitrogen and oxygen atoms in total. The Kier molecular flexibility index (Phi) is 2.53. The number of benzene rings is 1. The third-order valence-corrected chi connectivity index (χ3v) is 2.74. The Balaban J connectivity index is 2.22. The first kappa shape index (κ1) is 8.99. The van der Waals surface area contributed by atoms with Crippen LogP contribution >= 0.6 is 22.6 Å². The molecule has 0 saturated heterocycles. The van der Waals surface area contributed by atoms with Crippen molar-refractivity contribution in [3.8, 4) is 0 Å². The van der Waals surface area contributed by atoms with Gasteiger partial charge in [-0.05, 0) is 41.6 Å². The van der Waals surface area contributed by atoms with Crippen LogP contribution < -0.4 is 5.32 Å². The zero-order chi connectivity index (χ0) is 9.26. The number of nitrogens with zero attached hydrogens (tertiary/aromatic N) is 1. The predicted molar refractivity (Wildman–Crippen MR) is 63.2 cm³/mol. The van der Waals surface area contributed by atoms with Crippen LogP contribution in [0.15, 0.2) is 29.3 Å². The summed E-state index contributed by atoms with van der Waals surface area (Å²) >= 11 is 2.30. The van der Waals surface area contributed by atoms with E-state index < -0.39 is 0 Å². The minimum absolute atomic E-state index is 0.481. The normalized spacial score (nSPS) is 21.1. The highest BCUT2D eigenvalue weighted by molar-refractivity contribution is 14.1. The fourth-order valence-corrected chi connectivity index (χ4v) is 1.69. The van der Waals surface area contributed by atoms with Crippen LogP contribution in [0, 0.1) is 3.57 Å². The van der Waals surface area contributed by atoms with Gasteiger partial charge < -0.3 is 5.32 Å². The summed E-state index contributed by atoms with van der Waals surface area (Å²) in [6.07, 6.45) is 0. The minimum atomic E-state index is 0.481. The highest BCUT2D eigenvalue weighted by atomic mass is 127. The number of hydrogen-bond acceptors (Lipinski definition) is 2. The number of hydrogen-bond donors (Lipinski definition) is 1. The summed E-state index contributed by atoms with van der Waals surface area (Å²) in [7, 11) is 0. The molecule has 0 aromatic heterocycles. The molecule has 0 saturated carbocycles. The minimum Gasteiger partial charge on any atom is -0.366 e. The third-order valence-electron chi connectivity index (χ3n) is 2.02. The van der Waals surface area contributed by atoms with Gasteiger partial charge in [0, 0.05) is 15.2 Å². The highest BCUT2D eigenvalue weighted by Gasteiger charge is 2.13. The molecule has 1 unspecified atom stereocenters. The first-order valence-corrected chi connectivity index (χ1v) is 5.40. The number of halogens is 1. The maximum absolute atomic E-state index is 4.42. The molecular weight excluding hydrogens is 275 g/mol. The second kappa shape index (κ2) is 3.65. The van der Waals surface area contributed by atoms with E-state index in [9.17, 15) is 0 Å². The second-order valence-electron chi connectivity index (χ2n) is 3.24. The molecule has 0 bridgehead atoms. The molecule has 0 spiro atoms. The van der Waals surface area contributed by atoms with E-state index in [1.54, 1.807) is 0 Å². The van der Waals surface area contributed by atoms with Gasteiger partial charge in [-0.1, -0.05) is 12.1 Å². The standard InChI is InChI=1S/C10H11IN2/c1-7-6-12-10(13-7)8-2-4-9(11)5-3-8/h2-5,7H,6H2,1H3,(H,12,13). The monoisotopic (exact) mass is 286 g/mol. The molecule has 1 aliphatic rings. The Morgan fingerprint density at radius 3 is 2.62 bits per heavy atom. The van der Waals surface area contributed by atoms with Crippen LogP contribution in [0.5, 0.6) is 0 Å². The smallest absolute Gasteiger partial charge is 0.128 e. The zero-order valence-electron chi connectivity index (χ0n) is 7.42. The first-order chi connectivity index (χ1) is 6.25. The van der Waals surface area contributed by atoms with E-state index in [1.165, 1.54) is 9.13 Å². The molecule has 13 heavy (non-hydrogen) atoms. The van der Waals surface area contributed by atoms with Crippen LogP contribution in [0.2, 0.25) is 0 Å². The molecule has 1 atom stereocenters. The van der Waals surface area contributed by atoms with Crippen LogP contribution in [-0.2, 0) is 0 Å². The van der Waals surface area contributed by atoms with E-state index in [-0.39, 0.29) is 0 Å². The number of amidine groups is 1. The summed E-state index contributed by atoms with van der Waals surface area (Å²) in [6, 6.07) is 8.89. The molecular formula is C10H11IN2. The summed E-state index contributed by atoms with van der Waals surface area (Å²) in [6.45, 7) is 3.03. The van der Waals surface area contributed by atoms with Gasteiger partial charge in [-0.25, -0.2) is 0 Å². The van der Waals surface area contributed by atoms with Gasteiger partial charge in [0.05, 0.1) is 6.54 Å². The Bertz CT molecular complexity index is 329. The zero-order valence-corrected chi connectivity index (χ0v) is 9.58. The molecule has 0 radical (unpaired) electrons. The number of nitrogens with one attached hydrogen (secondary N) is 1. The van der Waals surface area contributed by atoms with Crippen molar-refractivity contribution in [2.24, 2.45) is 4.99 Å². The van der Waals surface area contributed by atoms with Gasteiger partial charge in [-0.2, -0.15) is 0 Å². The maximum atomic E-state index is 4.42. The first-order valence-electron chi connectivity index (χ1n) is 4.32. The van der Waals surface area contributed by atoms with Crippen molar-refractivity contribution < 1.29 is 0 Å². The van der Waals surface area contributed by atoms with Crippen LogP contribution in [-0.4, -0.2) is 18.4 Å². The summed E-state index contributed by atoms with van der Waals surface area (Å²) in [5, 5.41) is 3.34. The molecule has 1 aromatic rings. The van der Waals surface area contributed by atoms with Crippen LogP contribution in [0.25, 0.3) is 0 Å². The molecule has 1 aromatic carbocycles. The number of rotatable bonds is 1. The maximum Gasteiger partial charge on any atom is 0.128 e. The van der Waals surface area contributed by atoms with Crippen molar-refractivity contribution in [2.75, 3.05) is 6.54 Å². The molecule has 68 valence electrons. The summed E-state index contributed by atoms with van der Waals surface area (Å²) in [4.78, 5) is 4.42. The molecule has 0 aliphatic carbocycles. The summed E-state index contributed by atoms with van der Waals surface area (Å²) in [5.41, 5.74) is 1.18. The second-order valence-corrected chi connectivity index (χ2v) is 4.49. The van der Waals surface area contributed by atoms with E-state index in [0.29, 0.717) is 6.04 Å². The van der Waals surface area contributed by atoms with Crippen molar-refractivity contribution in [2.45, 2.75) is 13.0 Å². The fraction of sp³-hybridized carbons (Fsp3) is 0.300. The van der Waals surface area contributed by atoms with E-state index in [1.807, 2.05) is 0 Å². The van der Waals surface area contributed by atoms with E-state index in [4.69, 9.17) is 0 Å². The quantitative estimate of drug-likeness (QED) is 0.785. The number of aliphatic imine (C=N–C) groups is 1. The lowest BCUT2D eigenvalue weighted by Crippen LogP contribution is -2.27. The third kappa shape index (κ3) is 2.02. The lowest BCUT2D eigenvalue weighted by atomic mass is 10.2. The molecule has 2 rings (SSSR count). The lowest BCUT2D eigenvalue weighted by Gasteiger charge is -2.05. The Labute approximate surface area is 91.6 Å². The van der Waals surface area contributed by atoms with Crippen molar-refractivity contribution >= 4 is 28.4 Å². The molecule has 1 heterocycles. The average Bonchev–Trinajstić information content (AvgIpc) is 2.53. The van der Waals surface area contributed by atoms with Gasteiger partial charge >= 0.3 is 0 Å². The Morgan fingerprint density at radius 2 is 2.08 bits per heavy atom. The molecule has 1 N–H and O–H groups in total. The topological polar surface area (TPSA) is 24.4 Å². The SMILES string of the molecule is CC1CN=C(c2ccc(I)cc2)N1. The van der Waals surface area contributed by atoms with Crippen molar-refractivity contribution in [1.82, 2.24) is 5.32 Å². The predicted octanol–water partition coefficient (Wildman–Crippen LogP) is 2.03. The largest absolute Gasteiger partial charge is 0.366 e. The van der Waals surface area contributed by atoms with Crippen LogP contribution in [0.1, 0.15) is 12.5 Å². The van der Waals surface area contributed by atoms with Gasteiger partial charge in [0.15, 0.2) is 0 Å². The van der Waals surface area contributed by atoms with Crippen LogP contribution in [0.3, 0.4) is 0 Å². The molecule has 1 aliphatic heterocycles. The fourth-order valence-electron chi connectivity index (χ4n) is 1.34. The Hall–Kier alpha value is -0.580. The van der Waals surface area contributed by atoms with E-state index >= 15 is 0 Å². The molecule has 0 fully saturated rings.